The maximum absolute atomic E-state index is 12.3. The van der Waals surface area contributed by atoms with Gasteiger partial charge in [-0.3, -0.25) is 19.4 Å². The number of hydrogen-bond donors (Lipinski definition) is 0. The fourth-order valence-electron chi connectivity index (χ4n) is 5.67. The lowest BCUT2D eigenvalue weighted by Gasteiger charge is -2.35. The van der Waals surface area contributed by atoms with Crippen LogP contribution in [0, 0.1) is 5.41 Å². The number of amides is 2. The molecule has 158 valence electrons. The third-order valence-corrected chi connectivity index (χ3v) is 7.08. The summed E-state index contributed by atoms with van der Waals surface area (Å²) in [4.78, 5) is 28.8. The van der Waals surface area contributed by atoms with Gasteiger partial charge in [0.2, 0.25) is 11.8 Å². The largest absolute Gasteiger partial charge is 0.496 e. The van der Waals surface area contributed by atoms with Crippen LogP contribution in [0.15, 0.2) is 18.2 Å². The molecule has 4 rings (SSSR count). The van der Waals surface area contributed by atoms with E-state index in [4.69, 9.17) is 4.74 Å². The van der Waals surface area contributed by atoms with Gasteiger partial charge in [0.05, 0.1) is 7.11 Å². The molecule has 2 atom stereocenters. The van der Waals surface area contributed by atoms with Gasteiger partial charge in [0.1, 0.15) is 5.75 Å². The van der Waals surface area contributed by atoms with E-state index < -0.39 is 0 Å². The van der Waals surface area contributed by atoms with Crippen LogP contribution in [0.2, 0.25) is 0 Å². The summed E-state index contributed by atoms with van der Waals surface area (Å²) in [5.41, 5.74) is 2.70. The molecule has 29 heavy (non-hydrogen) atoms. The first-order chi connectivity index (χ1) is 13.9. The van der Waals surface area contributed by atoms with Gasteiger partial charge in [-0.1, -0.05) is 26.0 Å². The van der Waals surface area contributed by atoms with Crippen LogP contribution in [0.25, 0.3) is 0 Å². The van der Waals surface area contributed by atoms with Gasteiger partial charge in [-0.15, -0.1) is 0 Å². The topological polar surface area (TPSA) is 49.9 Å². The summed E-state index contributed by atoms with van der Waals surface area (Å²) in [7, 11) is 1.77. The molecule has 0 N–H and O–H groups in total. The van der Waals surface area contributed by atoms with Crippen LogP contribution in [-0.2, 0) is 16.0 Å². The molecule has 5 heteroatoms. The van der Waals surface area contributed by atoms with E-state index in [0.29, 0.717) is 31.3 Å². The molecule has 2 saturated heterocycles. The Bertz CT molecular complexity index is 768. The molecule has 5 nitrogen and oxygen atoms in total. The van der Waals surface area contributed by atoms with Gasteiger partial charge < -0.3 is 4.74 Å². The Balaban J connectivity index is 1.29. The van der Waals surface area contributed by atoms with Crippen molar-refractivity contribution in [2.75, 3.05) is 26.7 Å². The van der Waals surface area contributed by atoms with E-state index in [9.17, 15) is 9.59 Å². The molecule has 2 amide bonds. The monoisotopic (exact) mass is 398 g/mol. The van der Waals surface area contributed by atoms with Gasteiger partial charge in [0.15, 0.2) is 0 Å². The van der Waals surface area contributed by atoms with Gasteiger partial charge in [-0.25, -0.2) is 0 Å². The number of hydrogen-bond acceptors (Lipinski definition) is 4. The maximum atomic E-state index is 12.3. The van der Waals surface area contributed by atoms with Gasteiger partial charge in [0, 0.05) is 31.3 Å². The summed E-state index contributed by atoms with van der Waals surface area (Å²) in [5, 5.41) is 0. The molecule has 1 aliphatic carbocycles. The average Bonchev–Trinajstić information content (AvgIpc) is 3.09. The van der Waals surface area contributed by atoms with Crippen LogP contribution < -0.4 is 4.74 Å². The van der Waals surface area contributed by atoms with Crippen LogP contribution in [0.1, 0.15) is 69.4 Å². The number of fused-ring (bicyclic) bond motifs is 3. The second kappa shape index (κ2) is 8.10. The smallest absolute Gasteiger partial charge is 0.229 e. The van der Waals surface area contributed by atoms with Gasteiger partial charge in [0.25, 0.3) is 0 Å². The molecule has 1 aromatic rings. The van der Waals surface area contributed by atoms with Gasteiger partial charge in [-0.2, -0.15) is 0 Å². The Morgan fingerprint density at radius 1 is 1.07 bits per heavy atom. The first-order valence-corrected chi connectivity index (χ1v) is 11.1. The fraction of sp³-hybridized carbons (Fsp3) is 0.667. The third-order valence-electron chi connectivity index (χ3n) is 7.08. The van der Waals surface area contributed by atoms with Crippen LogP contribution in [0.4, 0.5) is 0 Å². The number of carbonyl (C=O) groups is 2. The lowest BCUT2D eigenvalue weighted by atomic mass is 9.79. The summed E-state index contributed by atoms with van der Waals surface area (Å²) in [6, 6.07) is 7.11. The number of ether oxygens (including phenoxy) is 1. The second-order valence-electron chi connectivity index (χ2n) is 9.73. The highest BCUT2D eigenvalue weighted by atomic mass is 16.5. The highest BCUT2D eigenvalue weighted by molar-refractivity contribution is 5.98. The Morgan fingerprint density at radius 3 is 2.52 bits per heavy atom. The minimum atomic E-state index is -0.185. The summed E-state index contributed by atoms with van der Waals surface area (Å²) in [6.45, 7) is 6.78. The first-order valence-electron chi connectivity index (χ1n) is 11.1. The van der Waals surface area contributed by atoms with Crippen molar-refractivity contribution in [3.63, 3.8) is 0 Å². The minimum Gasteiger partial charge on any atom is -0.496 e. The lowest BCUT2D eigenvalue weighted by Crippen LogP contribution is -2.46. The normalized spacial score (nSPS) is 26.4. The maximum Gasteiger partial charge on any atom is 0.229 e. The van der Waals surface area contributed by atoms with Gasteiger partial charge in [-0.05, 0) is 67.8 Å². The Labute approximate surface area is 174 Å². The number of unbranched alkanes of at least 4 members (excludes halogenated alkanes) is 1. The van der Waals surface area contributed by atoms with E-state index in [0.717, 1.165) is 38.1 Å². The summed E-state index contributed by atoms with van der Waals surface area (Å²) >= 11 is 0. The number of piperidine rings is 1. The fourth-order valence-corrected chi connectivity index (χ4v) is 5.67. The molecule has 0 spiro atoms. The van der Waals surface area contributed by atoms with Gasteiger partial charge >= 0.3 is 0 Å². The Kier molecular flexibility index (Phi) is 5.69. The van der Waals surface area contributed by atoms with Crippen LogP contribution >= 0.6 is 0 Å². The average molecular weight is 399 g/mol. The van der Waals surface area contributed by atoms with Crippen molar-refractivity contribution in [2.24, 2.45) is 5.41 Å². The molecule has 1 aromatic carbocycles. The predicted octanol–water partition coefficient (Wildman–Crippen LogP) is 3.75. The van der Waals surface area contributed by atoms with E-state index in [1.165, 1.54) is 28.9 Å². The molecule has 3 aliphatic rings. The first kappa shape index (κ1) is 20.4. The molecule has 0 bridgehead atoms. The summed E-state index contributed by atoms with van der Waals surface area (Å²) < 4.78 is 5.58. The molecule has 0 saturated carbocycles. The molecule has 2 heterocycles. The molecular formula is C24H34N2O3. The molecule has 2 fully saturated rings. The SMILES string of the molecule is COc1cccc2c1CC[C@@H]1[C@H]2CCN1CCCCN1C(=O)CC(C)(C)CC1=O. The van der Waals surface area contributed by atoms with Crippen LogP contribution in [-0.4, -0.2) is 54.4 Å². The summed E-state index contributed by atoms with van der Waals surface area (Å²) in [5.74, 6) is 1.66. The number of imide groups is 1. The number of carbonyl (C=O) groups excluding carboxylic acids is 2. The van der Waals surface area contributed by atoms with Crippen molar-refractivity contribution in [1.29, 1.82) is 0 Å². The van der Waals surface area contributed by atoms with Crippen LogP contribution in [0.5, 0.6) is 5.75 Å². The van der Waals surface area contributed by atoms with Crippen molar-refractivity contribution in [3.8, 4) is 5.75 Å². The van der Waals surface area contributed by atoms with E-state index in [-0.39, 0.29) is 17.2 Å². The van der Waals surface area contributed by atoms with E-state index in [1.807, 2.05) is 13.8 Å². The van der Waals surface area contributed by atoms with E-state index in [2.05, 4.69) is 23.1 Å². The molecule has 0 aromatic heterocycles. The highest BCUT2D eigenvalue weighted by Gasteiger charge is 2.39. The number of methoxy groups -OCH3 is 1. The molecule has 0 unspecified atom stereocenters. The zero-order valence-electron chi connectivity index (χ0n) is 18.1. The quantitative estimate of drug-likeness (QED) is 0.541. The third kappa shape index (κ3) is 4.07. The molecule has 2 aliphatic heterocycles. The second-order valence-corrected chi connectivity index (χ2v) is 9.73. The Hall–Kier alpha value is -1.88. The highest BCUT2D eigenvalue weighted by Crippen LogP contribution is 2.44. The zero-order chi connectivity index (χ0) is 20.6. The lowest BCUT2D eigenvalue weighted by molar-refractivity contribution is -0.152. The minimum absolute atomic E-state index is 0.00493. The Morgan fingerprint density at radius 2 is 1.79 bits per heavy atom. The van der Waals surface area contributed by atoms with Crippen molar-refractivity contribution >= 4 is 11.8 Å². The predicted molar refractivity (Wildman–Crippen MR) is 113 cm³/mol. The molecular weight excluding hydrogens is 364 g/mol. The number of benzene rings is 1. The molecule has 0 radical (unpaired) electrons. The number of likely N-dealkylation sites (tertiary alicyclic amines) is 2. The number of rotatable bonds is 6. The van der Waals surface area contributed by atoms with Crippen molar-refractivity contribution in [1.82, 2.24) is 9.80 Å². The van der Waals surface area contributed by atoms with Crippen molar-refractivity contribution < 1.29 is 14.3 Å². The van der Waals surface area contributed by atoms with Crippen molar-refractivity contribution in [3.05, 3.63) is 29.3 Å². The number of nitrogens with zero attached hydrogens (tertiary/aromatic N) is 2. The summed E-state index contributed by atoms with van der Waals surface area (Å²) in [6.07, 6.45) is 6.39. The zero-order valence-corrected chi connectivity index (χ0v) is 18.1. The van der Waals surface area contributed by atoms with E-state index >= 15 is 0 Å². The standard InChI is InChI=1S/C24H34N2O3/c1-24(2)15-22(27)26(23(28)16-24)13-5-4-12-25-14-11-18-17-7-6-8-21(29-3)19(17)9-10-20(18)25/h6-8,18,20H,4-5,9-16H2,1-3H3/t18-,20+/m0/s1. The van der Waals surface area contributed by atoms with E-state index in [1.54, 1.807) is 7.11 Å². The van der Waals surface area contributed by atoms with Crippen molar-refractivity contribution in [2.45, 2.75) is 70.8 Å². The van der Waals surface area contributed by atoms with Crippen LogP contribution in [0.3, 0.4) is 0 Å².